The number of aromatic nitrogens is 1. The van der Waals surface area contributed by atoms with Gasteiger partial charge in [0, 0.05) is 17.4 Å². The van der Waals surface area contributed by atoms with E-state index in [0.29, 0.717) is 23.1 Å². The molecule has 1 aliphatic carbocycles. The molecule has 0 N–H and O–H groups in total. The van der Waals surface area contributed by atoms with Gasteiger partial charge in [-0.15, -0.1) is 0 Å². The number of rotatable bonds is 6. The SMILES string of the molecule is C\C=C/C=C(\C=C/CCC(F)(F)F)c1nc2c(o1)C=CC(C)(C(C)C)C=C2. The first-order chi connectivity index (χ1) is 12.6. The number of hydrogen-bond donors (Lipinski definition) is 0. The Morgan fingerprint density at radius 2 is 1.96 bits per heavy atom. The molecule has 0 aliphatic heterocycles. The van der Waals surface area contributed by atoms with E-state index in [2.05, 4.69) is 37.9 Å². The molecule has 0 amide bonds. The second kappa shape index (κ2) is 8.59. The topological polar surface area (TPSA) is 26.0 Å². The van der Waals surface area contributed by atoms with Gasteiger partial charge >= 0.3 is 6.18 Å². The minimum atomic E-state index is -4.16. The van der Waals surface area contributed by atoms with Gasteiger partial charge in [0.25, 0.3) is 0 Å². The molecule has 0 spiro atoms. The predicted molar refractivity (Wildman–Crippen MR) is 105 cm³/mol. The third kappa shape index (κ3) is 5.84. The molecule has 1 aromatic rings. The van der Waals surface area contributed by atoms with Crippen LogP contribution in [0, 0.1) is 11.3 Å². The Kier molecular flexibility index (Phi) is 6.68. The summed E-state index contributed by atoms with van der Waals surface area (Å²) in [5, 5.41) is 0. The average molecular weight is 377 g/mol. The maximum Gasteiger partial charge on any atom is 0.389 e. The molecule has 0 aromatic carbocycles. The summed E-state index contributed by atoms with van der Waals surface area (Å²) in [5.41, 5.74) is 1.28. The largest absolute Gasteiger partial charge is 0.436 e. The molecule has 1 heterocycles. The van der Waals surface area contributed by atoms with Crippen molar-refractivity contribution < 1.29 is 17.6 Å². The number of oxazole rings is 1. The zero-order valence-electron chi connectivity index (χ0n) is 16.2. The molecule has 1 atom stereocenters. The molecule has 2 nitrogen and oxygen atoms in total. The van der Waals surface area contributed by atoms with Gasteiger partial charge in [0.15, 0.2) is 5.76 Å². The molecule has 0 radical (unpaired) electrons. The smallest absolute Gasteiger partial charge is 0.389 e. The molecule has 0 fully saturated rings. The minimum absolute atomic E-state index is 0.0789. The van der Waals surface area contributed by atoms with E-state index in [9.17, 15) is 13.2 Å². The first kappa shape index (κ1) is 21.0. The summed E-state index contributed by atoms with van der Waals surface area (Å²) in [6, 6.07) is 0. The highest BCUT2D eigenvalue weighted by molar-refractivity contribution is 5.73. The van der Waals surface area contributed by atoms with Gasteiger partial charge in [0.05, 0.1) is 0 Å². The third-order valence-electron chi connectivity index (χ3n) is 4.73. The molecule has 0 saturated heterocycles. The second-order valence-electron chi connectivity index (χ2n) is 7.16. The zero-order chi connectivity index (χ0) is 20.1. The number of nitrogens with zero attached hydrogens (tertiary/aromatic N) is 1. The summed E-state index contributed by atoms with van der Waals surface area (Å²) >= 11 is 0. The Bertz CT molecular complexity index is 757. The van der Waals surface area contributed by atoms with Gasteiger partial charge in [0.2, 0.25) is 5.89 Å². The number of allylic oxidation sites excluding steroid dienone is 8. The fourth-order valence-electron chi connectivity index (χ4n) is 2.52. The molecule has 1 unspecified atom stereocenters. The minimum Gasteiger partial charge on any atom is -0.436 e. The fraction of sp³-hybridized carbons (Fsp3) is 0.409. The van der Waals surface area contributed by atoms with Gasteiger partial charge in [0.1, 0.15) is 5.69 Å². The number of alkyl halides is 3. The van der Waals surface area contributed by atoms with Gasteiger partial charge in [-0.1, -0.05) is 57.2 Å². The van der Waals surface area contributed by atoms with Crippen LogP contribution in [0.15, 0.2) is 46.9 Å². The van der Waals surface area contributed by atoms with Crippen molar-refractivity contribution in [3.63, 3.8) is 0 Å². The van der Waals surface area contributed by atoms with Crippen molar-refractivity contribution in [2.75, 3.05) is 0 Å². The molecule has 27 heavy (non-hydrogen) atoms. The Labute approximate surface area is 158 Å². The van der Waals surface area contributed by atoms with Crippen LogP contribution in [0.4, 0.5) is 13.2 Å². The average Bonchev–Trinajstić information content (AvgIpc) is 2.92. The van der Waals surface area contributed by atoms with Crippen molar-refractivity contribution >= 4 is 17.7 Å². The normalized spacial score (nSPS) is 20.8. The zero-order valence-corrected chi connectivity index (χ0v) is 16.2. The highest BCUT2D eigenvalue weighted by Crippen LogP contribution is 2.35. The van der Waals surface area contributed by atoms with Gasteiger partial charge < -0.3 is 4.42 Å². The van der Waals surface area contributed by atoms with Crippen LogP contribution < -0.4 is 0 Å². The summed E-state index contributed by atoms with van der Waals surface area (Å²) in [7, 11) is 0. The van der Waals surface area contributed by atoms with Crippen molar-refractivity contribution in [1.82, 2.24) is 4.98 Å². The Morgan fingerprint density at radius 3 is 2.59 bits per heavy atom. The van der Waals surface area contributed by atoms with E-state index < -0.39 is 12.6 Å². The van der Waals surface area contributed by atoms with Gasteiger partial charge in [-0.25, -0.2) is 4.98 Å². The van der Waals surface area contributed by atoms with Crippen molar-refractivity contribution in [1.29, 1.82) is 0 Å². The first-order valence-electron chi connectivity index (χ1n) is 9.10. The van der Waals surface area contributed by atoms with Crippen LogP contribution in [0.5, 0.6) is 0 Å². The number of halogens is 3. The van der Waals surface area contributed by atoms with Crippen LogP contribution >= 0.6 is 0 Å². The molecular formula is C22H26F3NO. The van der Waals surface area contributed by atoms with Crippen LogP contribution in [0.2, 0.25) is 0 Å². The lowest BCUT2D eigenvalue weighted by molar-refractivity contribution is -0.133. The Morgan fingerprint density at radius 1 is 1.26 bits per heavy atom. The lowest BCUT2D eigenvalue weighted by Gasteiger charge is -2.25. The summed E-state index contributed by atoms with van der Waals surface area (Å²) in [6.45, 7) is 8.33. The summed E-state index contributed by atoms with van der Waals surface area (Å²) in [5.74, 6) is 1.47. The van der Waals surface area contributed by atoms with Crippen molar-refractivity contribution in [3.05, 3.63) is 59.9 Å². The van der Waals surface area contributed by atoms with Crippen LogP contribution in [0.3, 0.4) is 0 Å². The van der Waals surface area contributed by atoms with E-state index in [4.69, 9.17) is 4.42 Å². The fourth-order valence-corrected chi connectivity index (χ4v) is 2.52. The Hall–Kier alpha value is -2.30. The molecule has 5 heteroatoms. The van der Waals surface area contributed by atoms with Crippen LogP contribution in [0.25, 0.3) is 17.7 Å². The van der Waals surface area contributed by atoms with Gasteiger partial charge in [-0.05, 0) is 37.5 Å². The molecule has 0 saturated carbocycles. The van der Waals surface area contributed by atoms with Crippen LogP contribution in [-0.2, 0) is 0 Å². The maximum absolute atomic E-state index is 12.3. The van der Waals surface area contributed by atoms with E-state index in [-0.39, 0.29) is 11.8 Å². The monoisotopic (exact) mass is 377 g/mol. The third-order valence-corrected chi connectivity index (χ3v) is 4.73. The molecule has 0 bridgehead atoms. The van der Waals surface area contributed by atoms with Crippen molar-refractivity contribution in [2.45, 2.75) is 46.7 Å². The standard InChI is InChI=1S/C22H26F3NO/c1-5-6-9-17(10-7-8-13-22(23,24)25)20-26-18-11-14-21(4,16(2)3)15-12-19(18)27-20/h5-7,9-12,14-16H,8,13H2,1-4H3/b6-5-,10-7-,17-9+. The maximum atomic E-state index is 12.3. The van der Waals surface area contributed by atoms with Gasteiger partial charge in [-0.2, -0.15) is 13.2 Å². The quantitative estimate of drug-likeness (QED) is 0.489. The first-order valence-corrected chi connectivity index (χ1v) is 9.10. The van der Waals surface area contributed by atoms with Crippen molar-refractivity contribution in [2.24, 2.45) is 11.3 Å². The highest BCUT2D eigenvalue weighted by atomic mass is 19.4. The van der Waals surface area contributed by atoms with E-state index in [0.717, 1.165) is 5.69 Å². The van der Waals surface area contributed by atoms with Crippen molar-refractivity contribution in [3.8, 4) is 0 Å². The molecular weight excluding hydrogens is 351 g/mol. The van der Waals surface area contributed by atoms with E-state index in [1.54, 1.807) is 18.2 Å². The lowest BCUT2D eigenvalue weighted by Crippen LogP contribution is -2.16. The highest BCUT2D eigenvalue weighted by Gasteiger charge is 2.26. The van der Waals surface area contributed by atoms with Crippen LogP contribution in [0.1, 0.15) is 57.9 Å². The number of hydrogen-bond acceptors (Lipinski definition) is 2. The predicted octanol–water partition coefficient (Wildman–Crippen LogP) is 7.24. The number of fused-ring (bicyclic) bond motifs is 1. The summed E-state index contributed by atoms with van der Waals surface area (Å²) in [4.78, 5) is 4.54. The summed E-state index contributed by atoms with van der Waals surface area (Å²) in [6.07, 6.45) is 11.6. The van der Waals surface area contributed by atoms with E-state index in [1.807, 2.05) is 25.2 Å². The molecule has 1 aromatic heterocycles. The molecule has 146 valence electrons. The van der Waals surface area contributed by atoms with E-state index in [1.165, 1.54) is 6.08 Å². The van der Waals surface area contributed by atoms with Crippen LogP contribution in [-0.4, -0.2) is 11.2 Å². The lowest BCUT2D eigenvalue weighted by atomic mass is 9.79. The Balaban J connectivity index is 2.26. The van der Waals surface area contributed by atoms with Gasteiger partial charge in [-0.3, -0.25) is 0 Å². The molecule has 2 rings (SSSR count). The molecule has 1 aliphatic rings. The summed E-state index contributed by atoms with van der Waals surface area (Å²) < 4.78 is 42.8. The van der Waals surface area contributed by atoms with E-state index >= 15 is 0 Å². The second-order valence-corrected chi connectivity index (χ2v) is 7.16.